The molecule has 2 amide bonds. The fourth-order valence-corrected chi connectivity index (χ4v) is 2.09. The molecule has 6 nitrogen and oxygen atoms in total. The Labute approximate surface area is 134 Å². The molecule has 0 saturated heterocycles. The molecule has 2 aromatic rings. The molecule has 23 heavy (non-hydrogen) atoms. The van der Waals surface area contributed by atoms with Crippen LogP contribution in [0.1, 0.15) is 18.5 Å². The van der Waals surface area contributed by atoms with Gasteiger partial charge in [0.25, 0.3) is 0 Å². The molecule has 0 unspecified atom stereocenters. The highest BCUT2D eigenvalue weighted by Gasteiger charge is 2.18. The topological polar surface area (TPSA) is 59.4 Å². The first-order valence-electron chi connectivity index (χ1n) is 7.32. The van der Waals surface area contributed by atoms with Gasteiger partial charge in [-0.15, -0.1) is 0 Å². The van der Waals surface area contributed by atoms with E-state index in [0.717, 1.165) is 5.56 Å². The first-order chi connectivity index (χ1) is 11.0. The predicted molar refractivity (Wildman–Crippen MR) is 85.7 cm³/mol. The van der Waals surface area contributed by atoms with Crippen LogP contribution in [0.25, 0.3) is 0 Å². The van der Waals surface area contributed by atoms with E-state index in [1.807, 2.05) is 6.92 Å². The van der Waals surface area contributed by atoms with Gasteiger partial charge < -0.3 is 15.0 Å². The number of carbonyl (C=O) groups is 1. The van der Waals surface area contributed by atoms with Gasteiger partial charge in [0.1, 0.15) is 5.82 Å². The minimum atomic E-state index is -0.295. The average molecular weight is 320 g/mol. The molecular weight excluding hydrogens is 299 g/mol. The summed E-state index contributed by atoms with van der Waals surface area (Å²) in [6.07, 6.45) is 3.33. The number of nitrogens with zero attached hydrogens (tertiary/aromatic N) is 3. The maximum Gasteiger partial charge on any atom is 0.322 e. The van der Waals surface area contributed by atoms with E-state index in [-0.39, 0.29) is 17.9 Å². The summed E-state index contributed by atoms with van der Waals surface area (Å²) in [5.41, 5.74) is 1.48. The number of methoxy groups -OCH3 is 1. The van der Waals surface area contributed by atoms with Gasteiger partial charge in [0.05, 0.1) is 31.1 Å². The van der Waals surface area contributed by atoms with Crippen molar-refractivity contribution in [3.8, 4) is 0 Å². The summed E-state index contributed by atoms with van der Waals surface area (Å²) < 4.78 is 19.7. The number of aromatic nitrogens is 2. The zero-order valence-electron chi connectivity index (χ0n) is 13.5. The lowest BCUT2D eigenvalue weighted by Crippen LogP contribution is -2.33. The Bertz CT molecular complexity index is 642. The Balaban J connectivity index is 1.96. The van der Waals surface area contributed by atoms with Gasteiger partial charge in [-0.05, 0) is 24.6 Å². The van der Waals surface area contributed by atoms with E-state index in [0.29, 0.717) is 18.8 Å². The van der Waals surface area contributed by atoms with Crippen molar-refractivity contribution < 1.29 is 13.9 Å². The molecule has 0 aliphatic heterocycles. The number of nitrogens with one attached hydrogen (secondary N) is 1. The minimum absolute atomic E-state index is 0.181. The second-order valence-corrected chi connectivity index (χ2v) is 5.25. The molecule has 1 N–H and O–H groups in total. The Morgan fingerprint density at radius 1 is 1.43 bits per heavy atom. The van der Waals surface area contributed by atoms with E-state index >= 15 is 0 Å². The standard InChI is InChI=1S/C16H21FN4O2/c1-12(13-4-6-14(17)7-5-13)20(2)16(22)19-15-10-18-21(11-15)8-9-23-3/h4-7,10-12H,8-9H2,1-3H3,(H,19,22)/t12-/m0/s1. The number of carbonyl (C=O) groups excluding carboxylic acids is 1. The van der Waals surface area contributed by atoms with Gasteiger partial charge in [0.2, 0.25) is 0 Å². The van der Waals surface area contributed by atoms with Gasteiger partial charge in [-0.3, -0.25) is 4.68 Å². The largest absolute Gasteiger partial charge is 0.383 e. The lowest BCUT2D eigenvalue weighted by Gasteiger charge is -2.25. The van der Waals surface area contributed by atoms with Gasteiger partial charge >= 0.3 is 6.03 Å². The second kappa shape index (κ2) is 7.73. The third kappa shape index (κ3) is 4.53. The van der Waals surface area contributed by atoms with E-state index in [2.05, 4.69) is 10.4 Å². The molecule has 0 aliphatic carbocycles. The molecule has 1 heterocycles. The SMILES string of the molecule is COCCn1cc(NC(=O)N(C)[C@@H](C)c2ccc(F)cc2)cn1. The number of amides is 2. The lowest BCUT2D eigenvalue weighted by atomic mass is 10.1. The number of halogens is 1. The van der Waals surface area contributed by atoms with Gasteiger partial charge in [-0.2, -0.15) is 5.10 Å². The van der Waals surface area contributed by atoms with Crippen LogP contribution < -0.4 is 5.32 Å². The first kappa shape index (κ1) is 17.0. The van der Waals surface area contributed by atoms with E-state index in [1.54, 1.807) is 48.3 Å². The van der Waals surface area contributed by atoms with Gasteiger partial charge in [-0.25, -0.2) is 9.18 Å². The number of ether oxygens (including phenoxy) is 1. The Kier molecular flexibility index (Phi) is 5.70. The quantitative estimate of drug-likeness (QED) is 0.890. The van der Waals surface area contributed by atoms with E-state index in [9.17, 15) is 9.18 Å². The molecule has 124 valence electrons. The van der Waals surface area contributed by atoms with Crippen molar-refractivity contribution in [1.29, 1.82) is 0 Å². The monoisotopic (exact) mass is 320 g/mol. The Morgan fingerprint density at radius 2 is 2.13 bits per heavy atom. The normalized spacial score (nSPS) is 12.0. The number of anilines is 1. The molecule has 1 aromatic carbocycles. The van der Waals surface area contributed by atoms with Gasteiger partial charge in [-0.1, -0.05) is 12.1 Å². The van der Waals surface area contributed by atoms with Crippen LogP contribution >= 0.6 is 0 Å². The maximum absolute atomic E-state index is 13.0. The lowest BCUT2D eigenvalue weighted by molar-refractivity contribution is 0.183. The van der Waals surface area contributed by atoms with Crippen molar-refractivity contribution in [2.75, 3.05) is 26.1 Å². The molecular formula is C16H21FN4O2. The van der Waals surface area contributed by atoms with Crippen LogP contribution in [0.3, 0.4) is 0 Å². The van der Waals surface area contributed by atoms with Gasteiger partial charge in [0.15, 0.2) is 0 Å². The van der Waals surface area contributed by atoms with E-state index < -0.39 is 0 Å². The van der Waals surface area contributed by atoms with Crippen LogP contribution in [0.2, 0.25) is 0 Å². The molecule has 1 aromatic heterocycles. The zero-order valence-corrected chi connectivity index (χ0v) is 13.5. The fraction of sp³-hybridized carbons (Fsp3) is 0.375. The maximum atomic E-state index is 13.0. The molecule has 0 aliphatic rings. The zero-order chi connectivity index (χ0) is 16.8. The van der Waals surface area contributed by atoms with Crippen molar-refractivity contribution >= 4 is 11.7 Å². The van der Waals surface area contributed by atoms with E-state index in [4.69, 9.17) is 4.74 Å². The number of urea groups is 1. The minimum Gasteiger partial charge on any atom is -0.383 e. The number of hydrogen-bond donors (Lipinski definition) is 1. The summed E-state index contributed by atoms with van der Waals surface area (Å²) in [6.45, 7) is 3.06. The summed E-state index contributed by atoms with van der Waals surface area (Å²) in [4.78, 5) is 13.9. The third-order valence-corrected chi connectivity index (χ3v) is 3.66. The number of hydrogen-bond acceptors (Lipinski definition) is 3. The van der Waals surface area contributed by atoms with Crippen LogP contribution in [0.15, 0.2) is 36.7 Å². The Hall–Kier alpha value is -2.41. The van der Waals surface area contributed by atoms with Crippen LogP contribution in [0.4, 0.5) is 14.9 Å². The number of rotatable bonds is 6. The van der Waals surface area contributed by atoms with Crippen LogP contribution in [-0.2, 0) is 11.3 Å². The number of benzene rings is 1. The predicted octanol–water partition coefficient (Wildman–Crippen LogP) is 2.89. The molecule has 0 spiro atoms. The van der Waals surface area contributed by atoms with Crippen LogP contribution in [0, 0.1) is 5.82 Å². The highest BCUT2D eigenvalue weighted by molar-refractivity contribution is 5.89. The molecule has 1 atom stereocenters. The Morgan fingerprint density at radius 3 is 2.78 bits per heavy atom. The average Bonchev–Trinajstić information content (AvgIpc) is 2.99. The van der Waals surface area contributed by atoms with Crippen molar-refractivity contribution in [2.24, 2.45) is 0 Å². The summed E-state index contributed by atoms with van der Waals surface area (Å²) >= 11 is 0. The molecule has 7 heteroatoms. The van der Waals surface area contributed by atoms with Crippen LogP contribution in [0.5, 0.6) is 0 Å². The third-order valence-electron chi connectivity index (χ3n) is 3.66. The van der Waals surface area contributed by atoms with Gasteiger partial charge in [0, 0.05) is 20.4 Å². The molecule has 0 fully saturated rings. The summed E-state index contributed by atoms with van der Waals surface area (Å²) in [5, 5.41) is 6.93. The smallest absolute Gasteiger partial charge is 0.322 e. The highest BCUT2D eigenvalue weighted by Crippen LogP contribution is 2.20. The van der Waals surface area contributed by atoms with Crippen LogP contribution in [-0.4, -0.2) is 41.5 Å². The highest BCUT2D eigenvalue weighted by atomic mass is 19.1. The van der Waals surface area contributed by atoms with Crippen molar-refractivity contribution in [2.45, 2.75) is 19.5 Å². The first-order valence-corrected chi connectivity index (χ1v) is 7.32. The molecule has 0 radical (unpaired) electrons. The molecule has 0 bridgehead atoms. The summed E-state index contributed by atoms with van der Waals surface area (Å²) in [5.74, 6) is -0.295. The second-order valence-electron chi connectivity index (χ2n) is 5.25. The molecule has 2 rings (SSSR count). The summed E-state index contributed by atoms with van der Waals surface area (Å²) in [7, 11) is 3.32. The van der Waals surface area contributed by atoms with Crippen molar-refractivity contribution in [3.63, 3.8) is 0 Å². The van der Waals surface area contributed by atoms with E-state index in [1.165, 1.54) is 12.1 Å². The fourth-order valence-electron chi connectivity index (χ4n) is 2.09. The van der Waals surface area contributed by atoms with Crippen molar-refractivity contribution in [1.82, 2.24) is 14.7 Å². The van der Waals surface area contributed by atoms with Crippen molar-refractivity contribution in [3.05, 3.63) is 48.0 Å². The summed E-state index contributed by atoms with van der Waals surface area (Å²) in [6, 6.07) is 5.68. The molecule has 0 saturated carbocycles.